The molecule has 1 aliphatic carbocycles. The number of nitrogens with zero attached hydrogens (tertiary/aromatic N) is 2. The average molecular weight is 412 g/mol. The molecule has 3 rings (SSSR count). The van der Waals surface area contributed by atoms with Crippen molar-refractivity contribution >= 4 is 29.5 Å². The third-order valence-corrected chi connectivity index (χ3v) is 5.40. The van der Waals surface area contributed by atoms with Crippen LogP contribution in [-0.4, -0.2) is 46.9 Å². The standard InChI is InChI=1S/C21H24N4O5/c1-14(18(27)23-16-7-4-6-15(12-16)13-22)30-17(26)8-5-11-25-19(28)21(24-20(25)29)9-2-3-10-21/h4,6-7,12,14H,2-3,5,8-11H2,1H3,(H,23,27)(H,24,29)/t14-/m0/s1. The van der Waals surface area contributed by atoms with Gasteiger partial charge >= 0.3 is 12.0 Å². The van der Waals surface area contributed by atoms with Crippen molar-refractivity contribution in [2.24, 2.45) is 0 Å². The molecule has 1 saturated carbocycles. The normalized spacial score (nSPS) is 18.1. The molecule has 1 aliphatic heterocycles. The molecule has 2 aliphatic rings. The van der Waals surface area contributed by atoms with E-state index in [1.807, 2.05) is 6.07 Å². The summed E-state index contributed by atoms with van der Waals surface area (Å²) < 4.78 is 5.13. The summed E-state index contributed by atoms with van der Waals surface area (Å²) >= 11 is 0. The van der Waals surface area contributed by atoms with Crippen molar-refractivity contribution in [1.82, 2.24) is 10.2 Å². The molecule has 1 spiro atoms. The second-order valence-corrected chi connectivity index (χ2v) is 7.59. The number of amides is 4. The Morgan fingerprint density at radius 3 is 2.77 bits per heavy atom. The molecule has 158 valence electrons. The molecule has 0 bridgehead atoms. The van der Waals surface area contributed by atoms with Crippen LogP contribution in [0.15, 0.2) is 24.3 Å². The molecule has 4 amide bonds. The monoisotopic (exact) mass is 412 g/mol. The molecular weight excluding hydrogens is 388 g/mol. The van der Waals surface area contributed by atoms with E-state index in [0.29, 0.717) is 24.1 Å². The summed E-state index contributed by atoms with van der Waals surface area (Å²) in [6.45, 7) is 1.58. The van der Waals surface area contributed by atoms with Gasteiger partial charge in [-0.05, 0) is 44.4 Å². The van der Waals surface area contributed by atoms with Crippen LogP contribution in [0.25, 0.3) is 0 Å². The number of benzene rings is 1. The van der Waals surface area contributed by atoms with Crippen LogP contribution in [0.1, 0.15) is 51.0 Å². The number of hydrogen-bond donors (Lipinski definition) is 2. The number of imide groups is 1. The van der Waals surface area contributed by atoms with Gasteiger partial charge in [-0.1, -0.05) is 18.9 Å². The Bertz CT molecular complexity index is 901. The van der Waals surface area contributed by atoms with Crippen LogP contribution < -0.4 is 10.6 Å². The van der Waals surface area contributed by atoms with E-state index in [1.54, 1.807) is 18.2 Å². The van der Waals surface area contributed by atoms with Crippen molar-refractivity contribution in [3.63, 3.8) is 0 Å². The van der Waals surface area contributed by atoms with Crippen LogP contribution in [0.4, 0.5) is 10.5 Å². The molecule has 9 heteroatoms. The minimum atomic E-state index is -1.03. The van der Waals surface area contributed by atoms with Crippen molar-refractivity contribution in [2.45, 2.75) is 57.1 Å². The van der Waals surface area contributed by atoms with Crippen LogP contribution in [0.5, 0.6) is 0 Å². The minimum absolute atomic E-state index is 0.0222. The molecule has 0 aromatic heterocycles. The summed E-state index contributed by atoms with van der Waals surface area (Å²) in [4.78, 5) is 50.1. The molecule has 2 fully saturated rings. The van der Waals surface area contributed by atoms with E-state index in [2.05, 4.69) is 10.6 Å². The highest BCUT2D eigenvalue weighted by Crippen LogP contribution is 2.35. The van der Waals surface area contributed by atoms with E-state index in [0.717, 1.165) is 17.7 Å². The molecule has 9 nitrogen and oxygen atoms in total. The van der Waals surface area contributed by atoms with Gasteiger partial charge in [0.2, 0.25) is 0 Å². The van der Waals surface area contributed by atoms with Crippen LogP contribution in [0.2, 0.25) is 0 Å². The fourth-order valence-corrected chi connectivity index (χ4v) is 3.80. The quantitative estimate of drug-likeness (QED) is 0.521. The van der Waals surface area contributed by atoms with E-state index in [1.165, 1.54) is 13.0 Å². The van der Waals surface area contributed by atoms with Gasteiger partial charge in [0.25, 0.3) is 11.8 Å². The Morgan fingerprint density at radius 2 is 2.07 bits per heavy atom. The molecule has 0 radical (unpaired) electrons. The first kappa shape index (κ1) is 21.3. The molecule has 0 unspecified atom stereocenters. The fourth-order valence-electron chi connectivity index (χ4n) is 3.80. The fraction of sp³-hybridized carbons (Fsp3) is 0.476. The van der Waals surface area contributed by atoms with Gasteiger partial charge in [-0.2, -0.15) is 5.26 Å². The van der Waals surface area contributed by atoms with Crippen LogP contribution >= 0.6 is 0 Å². The van der Waals surface area contributed by atoms with E-state index in [4.69, 9.17) is 10.00 Å². The van der Waals surface area contributed by atoms with Gasteiger partial charge in [-0.25, -0.2) is 4.79 Å². The van der Waals surface area contributed by atoms with Crippen molar-refractivity contribution < 1.29 is 23.9 Å². The van der Waals surface area contributed by atoms with Crippen LogP contribution in [0, 0.1) is 11.3 Å². The average Bonchev–Trinajstić information content (AvgIpc) is 3.28. The van der Waals surface area contributed by atoms with E-state index in [-0.39, 0.29) is 25.3 Å². The van der Waals surface area contributed by atoms with Gasteiger partial charge < -0.3 is 15.4 Å². The Labute approximate surface area is 174 Å². The Balaban J connectivity index is 1.43. The van der Waals surface area contributed by atoms with Crippen molar-refractivity contribution in [1.29, 1.82) is 5.26 Å². The van der Waals surface area contributed by atoms with E-state index in [9.17, 15) is 19.2 Å². The van der Waals surface area contributed by atoms with Crippen molar-refractivity contribution in [3.05, 3.63) is 29.8 Å². The number of esters is 1. The molecule has 1 saturated heterocycles. The van der Waals surface area contributed by atoms with Crippen molar-refractivity contribution in [2.75, 3.05) is 11.9 Å². The SMILES string of the molecule is C[C@H](OC(=O)CCCN1C(=O)NC2(CCCC2)C1=O)C(=O)Nc1cccc(C#N)c1. The maximum absolute atomic E-state index is 12.6. The number of ether oxygens (including phenoxy) is 1. The van der Waals surface area contributed by atoms with Gasteiger partial charge in [-0.15, -0.1) is 0 Å². The van der Waals surface area contributed by atoms with Gasteiger partial charge in [-0.3, -0.25) is 19.3 Å². The summed E-state index contributed by atoms with van der Waals surface area (Å²) in [6.07, 6.45) is 2.33. The molecule has 1 aromatic carbocycles. The van der Waals surface area contributed by atoms with Crippen LogP contribution in [0.3, 0.4) is 0 Å². The highest BCUT2D eigenvalue weighted by atomic mass is 16.5. The predicted octanol–water partition coefficient (Wildman–Crippen LogP) is 2.07. The number of carbonyl (C=O) groups is 4. The molecular formula is C21H24N4O5. The summed E-state index contributed by atoms with van der Waals surface area (Å²) in [5, 5.41) is 14.3. The molecule has 1 heterocycles. The number of hydrogen-bond acceptors (Lipinski definition) is 6. The minimum Gasteiger partial charge on any atom is -0.453 e. The highest BCUT2D eigenvalue weighted by molar-refractivity contribution is 6.07. The number of nitriles is 1. The lowest BCUT2D eigenvalue weighted by Gasteiger charge is -2.20. The second kappa shape index (κ2) is 8.95. The zero-order valence-electron chi connectivity index (χ0n) is 16.8. The Hall–Kier alpha value is -3.41. The number of nitrogens with one attached hydrogen (secondary N) is 2. The zero-order chi connectivity index (χ0) is 21.7. The van der Waals surface area contributed by atoms with E-state index < -0.39 is 29.6 Å². The number of urea groups is 1. The Kier molecular flexibility index (Phi) is 6.35. The topological polar surface area (TPSA) is 129 Å². The van der Waals surface area contributed by atoms with Gasteiger partial charge in [0.05, 0.1) is 11.6 Å². The van der Waals surface area contributed by atoms with Crippen molar-refractivity contribution in [3.8, 4) is 6.07 Å². The largest absolute Gasteiger partial charge is 0.453 e. The summed E-state index contributed by atoms with van der Waals surface area (Å²) in [5.41, 5.74) is 0.0752. The highest BCUT2D eigenvalue weighted by Gasteiger charge is 2.52. The van der Waals surface area contributed by atoms with E-state index >= 15 is 0 Å². The molecule has 30 heavy (non-hydrogen) atoms. The third-order valence-electron chi connectivity index (χ3n) is 5.40. The maximum atomic E-state index is 12.6. The molecule has 1 aromatic rings. The second-order valence-electron chi connectivity index (χ2n) is 7.59. The first-order valence-corrected chi connectivity index (χ1v) is 9.99. The first-order chi connectivity index (χ1) is 14.3. The number of carbonyl (C=O) groups excluding carboxylic acids is 4. The summed E-state index contributed by atoms with van der Waals surface area (Å²) in [5.74, 6) is -1.33. The lowest BCUT2D eigenvalue weighted by Crippen LogP contribution is -2.44. The van der Waals surface area contributed by atoms with Gasteiger partial charge in [0, 0.05) is 18.7 Å². The lowest BCUT2D eigenvalue weighted by atomic mass is 9.98. The number of rotatable bonds is 7. The maximum Gasteiger partial charge on any atom is 0.325 e. The number of anilines is 1. The molecule has 1 atom stereocenters. The zero-order valence-corrected chi connectivity index (χ0v) is 16.8. The summed E-state index contributed by atoms with van der Waals surface area (Å²) in [7, 11) is 0. The Morgan fingerprint density at radius 1 is 1.33 bits per heavy atom. The molecule has 2 N–H and O–H groups in total. The van der Waals surface area contributed by atoms with Gasteiger partial charge in [0.15, 0.2) is 6.10 Å². The lowest BCUT2D eigenvalue weighted by molar-refractivity contribution is -0.153. The smallest absolute Gasteiger partial charge is 0.325 e. The summed E-state index contributed by atoms with van der Waals surface area (Å²) in [6, 6.07) is 7.95. The van der Waals surface area contributed by atoms with Gasteiger partial charge in [0.1, 0.15) is 5.54 Å². The van der Waals surface area contributed by atoms with Crippen LogP contribution in [-0.2, 0) is 19.1 Å². The first-order valence-electron chi connectivity index (χ1n) is 9.99. The predicted molar refractivity (Wildman–Crippen MR) is 106 cm³/mol. The third kappa shape index (κ3) is 4.59.